The van der Waals surface area contributed by atoms with Crippen molar-refractivity contribution in [3.05, 3.63) is 59.7 Å². The monoisotopic (exact) mass is 346 g/mol. The molecule has 0 aromatic heterocycles. The van der Waals surface area contributed by atoms with E-state index in [1.165, 1.54) is 0 Å². The lowest BCUT2D eigenvalue weighted by Gasteiger charge is -2.09. The predicted octanol–water partition coefficient (Wildman–Crippen LogP) is 3.19. The van der Waals surface area contributed by atoms with Crippen LogP contribution in [-0.4, -0.2) is 21.4 Å². The number of rotatable bonds is 7. The third-order valence-electron chi connectivity index (χ3n) is 3.68. The minimum atomic E-state index is -3.64. The zero-order valence-corrected chi connectivity index (χ0v) is 14.7. The number of hydrogen-bond donors (Lipinski definition) is 2. The van der Waals surface area contributed by atoms with Crippen LogP contribution in [0, 0.1) is 0 Å². The first-order valence-electron chi connectivity index (χ1n) is 7.90. The van der Waals surface area contributed by atoms with Gasteiger partial charge in [-0.1, -0.05) is 25.5 Å². The fourth-order valence-corrected chi connectivity index (χ4v) is 3.32. The zero-order valence-electron chi connectivity index (χ0n) is 13.9. The smallest absolute Gasteiger partial charge is 0.261 e. The van der Waals surface area contributed by atoms with E-state index in [2.05, 4.69) is 17.0 Å². The fourth-order valence-electron chi connectivity index (χ4n) is 2.26. The molecule has 2 N–H and O–H groups in total. The van der Waals surface area contributed by atoms with Gasteiger partial charge < -0.3 is 5.32 Å². The van der Waals surface area contributed by atoms with Crippen molar-refractivity contribution in [3.63, 3.8) is 0 Å². The highest BCUT2D eigenvalue weighted by molar-refractivity contribution is 7.92. The van der Waals surface area contributed by atoms with Crippen LogP contribution in [0.5, 0.6) is 0 Å². The molecule has 0 unspecified atom stereocenters. The first kappa shape index (κ1) is 18.0. The van der Waals surface area contributed by atoms with E-state index in [0.717, 1.165) is 24.8 Å². The highest BCUT2D eigenvalue weighted by Crippen LogP contribution is 2.18. The van der Waals surface area contributed by atoms with Gasteiger partial charge in [0.05, 0.1) is 4.90 Å². The lowest BCUT2D eigenvalue weighted by atomic mass is 10.1. The number of aryl methyl sites for hydroxylation is 1. The van der Waals surface area contributed by atoms with Gasteiger partial charge >= 0.3 is 0 Å². The van der Waals surface area contributed by atoms with E-state index in [-0.39, 0.29) is 10.8 Å². The molecule has 1 amide bonds. The highest BCUT2D eigenvalue weighted by Gasteiger charge is 2.14. The van der Waals surface area contributed by atoms with Crippen molar-refractivity contribution in [2.45, 2.75) is 31.1 Å². The normalized spacial score (nSPS) is 11.1. The number of amides is 1. The van der Waals surface area contributed by atoms with Crippen LogP contribution in [0.4, 0.5) is 5.69 Å². The Kier molecular flexibility index (Phi) is 5.98. The van der Waals surface area contributed by atoms with Crippen LogP contribution >= 0.6 is 0 Å². The van der Waals surface area contributed by atoms with Crippen LogP contribution in [0.3, 0.4) is 0 Å². The summed E-state index contributed by atoms with van der Waals surface area (Å²) in [7, 11) is -2.10. The Morgan fingerprint density at radius 2 is 1.62 bits per heavy atom. The molecule has 5 nitrogen and oxygen atoms in total. The van der Waals surface area contributed by atoms with E-state index in [1.807, 2.05) is 12.1 Å². The summed E-state index contributed by atoms with van der Waals surface area (Å²) in [5.41, 5.74) is 2.02. The fraction of sp³-hybridized carbons (Fsp3) is 0.278. The molecule has 0 aliphatic heterocycles. The minimum absolute atomic E-state index is 0.216. The second-order valence-electron chi connectivity index (χ2n) is 5.51. The maximum absolute atomic E-state index is 12.4. The number of hydrogen-bond acceptors (Lipinski definition) is 3. The molecule has 0 aliphatic rings. The number of benzene rings is 2. The summed E-state index contributed by atoms with van der Waals surface area (Å²) in [6.45, 7) is 2.12. The molecule has 0 heterocycles. The van der Waals surface area contributed by atoms with Gasteiger partial charge in [-0.3, -0.25) is 9.52 Å². The van der Waals surface area contributed by atoms with E-state index in [9.17, 15) is 13.2 Å². The number of unbranched alkanes of at least 4 members (excludes halogenated alkanes) is 1. The number of carbonyl (C=O) groups excluding carboxylic acids is 1. The molecule has 0 fully saturated rings. The van der Waals surface area contributed by atoms with E-state index in [0.29, 0.717) is 11.3 Å². The third kappa shape index (κ3) is 4.58. The average Bonchev–Trinajstić information content (AvgIpc) is 2.60. The molecular weight excluding hydrogens is 324 g/mol. The van der Waals surface area contributed by atoms with Gasteiger partial charge in [0.15, 0.2) is 0 Å². The van der Waals surface area contributed by atoms with Gasteiger partial charge in [-0.2, -0.15) is 0 Å². The molecule has 0 spiro atoms. The molecule has 2 aromatic rings. The van der Waals surface area contributed by atoms with Crippen molar-refractivity contribution in [3.8, 4) is 0 Å². The van der Waals surface area contributed by atoms with Gasteiger partial charge in [0.25, 0.3) is 15.9 Å². The summed E-state index contributed by atoms with van der Waals surface area (Å²) in [4.78, 5) is 11.7. The molecule has 2 rings (SSSR count). The molecule has 0 radical (unpaired) electrons. The molecule has 0 bridgehead atoms. The predicted molar refractivity (Wildman–Crippen MR) is 95.7 cm³/mol. The number of nitrogens with one attached hydrogen (secondary N) is 2. The van der Waals surface area contributed by atoms with E-state index < -0.39 is 10.0 Å². The second kappa shape index (κ2) is 7.97. The van der Waals surface area contributed by atoms with Gasteiger partial charge in [-0.15, -0.1) is 0 Å². The number of anilines is 1. The molecular formula is C18H22N2O3S. The van der Waals surface area contributed by atoms with Crippen LogP contribution < -0.4 is 10.0 Å². The summed E-state index contributed by atoms with van der Waals surface area (Å²) in [6.07, 6.45) is 3.14. The van der Waals surface area contributed by atoms with Gasteiger partial charge in [-0.25, -0.2) is 8.42 Å². The van der Waals surface area contributed by atoms with Crippen LogP contribution in [0.2, 0.25) is 0 Å². The molecule has 24 heavy (non-hydrogen) atoms. The molecule has 0 saturated heterocycles. The van der Waals surface area contributed by atoms with E-state index in [1.54, 1.807) is 43.4 Å². The largest absolute Gasteiger partial charge is 0.355 e. The second-order valence-corrected chi connectivity index (χ2v) is 7.19. The highest BCUT2D eigenvalue weighted by atomic mass is 32.2. The van der Waals surface area contributed by atoms with Gasteiger partial charge in [0.2, 0.25) is 0 Å². The molecule has 0 atom stereocenters. The Morgan fingerprint density at radius 3 is 2.17 bits per heavy atom. The summed E-state index contributed by atoms with van der Waals surface area (Å²) < 4.78 is 27.3. The van der Waals surface area contributed by atoms with Crippen LogP contribution in [0.1, 0.15) is 35.7 Å². The first-order chi connectivity index (χ1) is 11.5. The van der Waals surface area contributed by atoms with Crippen LogP contribution in [0.15, 0.2) is 53.4 Å². The molecule has 128 valence electrons. The van der Waals surface area contributed by atoms with Gasteiger partial charge in [0.1, 0.15) is 0 Å². The van der Waals surface area contributed by atoms with Crippen molar-refractivity contribution < 1.29 is 13.2 Å². The minimum Gasteiger partial charge on any atom is -0.355 e. The lowest BCUT2D eigenvalue weighted by molar-refractivity contribution is 0.0963. The Labute approximate surface area is 143 Å². The van der Waals surface area contributed by atoms with Crippen LogP contribution in [0.25, 0.3) is 0 Å². The lowest BCUT2D eigenvalue weighted by Crippen LogP contribution is -2.18. The van der Waals surface area contributed by atoms with E-state index in [4.69, 9.17) is 0 Å². The van der Waals surface area contributed by atoms with E-state index >= 15 is 0 Å². The van der Waals surface area contributed by atoms with Crippen molar-refractivity contribution in [1.29, 1.82) is 0 Å². The third-order valence-corrected chi connectivity index (χ3v) is 5.08. The Hall–Kier alpha value is -2.34. The number of sulfonamides is 1. The maximum atomic E-state index is 12.4. The standard InChI is InChI=1S/C18H22N2O3S/c1-3-4-5-14-6-12-17(13-7-14)24(22,23)20-16-10-8-15(9-11-16)18(21)19-2/h6-13,20H,3-5H2,1-2H3,(H,19,21). The molecule has 0 saturated carbocycles. The molecule has 6 heteroatoms. The Morgan fingerprint density at radius 1 is 1.00 bits per heavy atom. The average molecular weight is 346 g/mol. The SMILES string of the molecule is CCCCc1ccc(S(=O)(=O)Nc2ccc(C(=O)NC)cc2)cc1. The topological polar surface area (TPSA) is 75.3 Å². The molecule has 0 aliphatic carbocycles. The summed E-state index contributed by atoms with van der Waals surface area (Å²) >= 11 is 0. The van der Waals surface area contributed by atoms with Gasteiger partial charge in [-0.05, 0) is 54.8 Å². The van der Waals surface area contributed by atoms with Gasteiger partial charge in [0, 0.05) is 18.3 Å². The first-order valence-corrected chi connectivity index (χ1v) is 9.38. The Balaban J connectivity index is 2.11. The maximum Gasteiger partial charge on any atom is 0.261 e. The van der Waals surface area contributed by atoms with Crippen molar-refractivity contribution >= 4 is 21.6 Å². The quantitative estimate of drug-likeness (QED) is 0.808. The zero-order chi connectivity index (χ0) is 17.6. The summed E-state index contributed by atoms with van der Waals surface area (Å²) in [6, 6.07) is 13.2. The summed E-state index contributed by atoms with van der Waals surface area (Å²) in [5.74, 6) is -0.216. The Bertz CT molecular complexity index is 782. The van der Waals surface area contributed by atoms with Crippen molar-refractivity contribution in [1.82, 2.24) is 5.32 Å². The van der Waals surface area contributed by atoms with Crippen LogP contribution in [-0.2, 0) is 16.4 Å². The molecule has 2 aromatic carbocycles. The van der Waals surface area contributed by atoms with Crippen molar-refractivity contribution in [2.75, 3.05) is 11.8 Å². The van der Waals surface area contributed by atoms with Crippen molar-refractivity contribution in [2.24, 2.45) is 0 Å². The number of carbonyl (C=O) groups is 1. The summed E-state index contributed by atoms with van der Waals surface area (Å²) in [5, 5.41) is 2.52.